The topological polar surface area (TPSA) is 38.0 Å². The lowest BCUT2D eigenvalue weighted by Crippen LogP contribution is -2.20. The molecule has 2 aromatic rings. The molecule has 0 heterocycles. The van der Waals surface area contributed by atoms with Gasteiger partial charge in [-0.05, 0) is 67.8 Å². The van der Waals surface area contributed by atoms with Gasteiger partial charge in [0.25, 0.3) is 0 Å². The van der Waals surface area contributed by atoms with Gasteiger partial charge in [-0.1, -0.05) is 29.3 Å². The number of halogens is 4. The van der Waals surface area contributed by atoms with Crippen LogP contribution in [-0.2, 0) is 0 Å². The van der Waals surface area contributed by atoms with Gasteiger partial charge < -0.3 is 11.1 Å². The molecule has 3 N–H and O–H groups in total. The van der Waals surface area contributed by atoms with Crippen LogP contribution in [0.15, 0.2) is 45.3 Å². The molecule has 6 heteroatoms. The van der Waals surface area contributed by atoms with Gasteiger partial charge in [0.15, 0.2) is 0 Å². The number of hydrogen-bond donors (Lipinski definition) is 2. The highest BCUT2D eigenvalue weighted by Crippen LogP contribution is 2.30. The third kappa shape index (κ3) is 3.89. The Labute approximate surface area is 144 Å². The minimum absolute atomic E-state index is 0.00311. The minimum atomic E-state index is -0.00311. The third-order valence-electron chi connectivity index (χ3n) is 2.84. The largest absolute Gasteiger partial charge is 0.377 e. The maximum atomic E-state index is 6.01. The van der Waals surface area contributed by atoms with Crippen LogP contribution < -0.4 is 11.1 Å². The molecule has 0 saturated heterocycles. The van der Waals surface area contributed by atoms with Gasteiger partial charge >= 0.3 is 0 Å². The van der Waals surface area contributed by atoms with Crippen LogP contribution in [-0.4, -0.2) is 6.54 Å². The fourth-order valence-corrected chi connectivity index (χ4v) is 2.80. The minimum Gasteiger partial charge on any atom is -0.377 e. The summed E-state index contributed by atoms with van der Waals surface area (Å²) in [7, 11) is 0. The molecule has 0 amide bonds. The molecule has 0 fully saturated rings. The molecule has 0 aromatic heterocycles. The normalized spacial score (nSPS) is 12.2. The van der Waals surface area contributed by atoms with Crippen molar-refractivity contribution in [1.29, 1.82) is 0 Å². The summed E-state index contributed by atoms with van der Waals surface area (Å²) in [6, 6.07) is 11.5. The molecule has 0 radical (unpaired) electrons. The molecule has 0 spiro atoms. The molecule has 0 bridgehead atoms. The second-order valence-electron chi connectivity index (χ2n) is 4.24. The van der Waals surface area contributed by atoms with Crippen LogP contribution in [0, 0.1) is 0 Å². The van der Waals surface area contributed by atoms with Gasteiger partial charge in [-0.2, -0.15) is 0 Å². The molecule has 1 unspecified atom stereocenters. The maximum Gasteiger partial charge on any atom is 0.0636 e. The number of nitrogens with one attached hydrogen (secondary N) is 1. The third-order valence-corrected chi connectivity index (χ3v) is 5.27. The van der Waals surface area contributed by atoms with E-state index in [0.29, 0.717) is 16.6 Å². The summed E-state index contributed by atoms with van der Waals surface area (Å²) >= 11 is 18.8. The van der Waals surface area contributed by atoms with Gasteiger partial charge in [0.05, 0.1) is 16.1 Å². The Bertz CT molecular complexity index is 620. The summed E-state index contributed by atoms with van der Waals surface area (Å²) in [5.74, 6) is 0. The smallest absolute Gasteiger partial charge is 0.0636 e. The van der Waals surface area contributed by atoms with Crippen LogP contribution in [0.2, 0.25) is 10.0 Å². The lowest BCUT2D eigenvalue weighted by molar-refractivity contribution is 0.789. The summed E-state index contributed by atoms with van der Waals surface area (Å²) in [4.78, 5) is 0. The zero-order chi connectivity index (χ0) is 14.7. The number of rotatable bonds is 4. The molecule has 2 aromatic carbocycles. The van der Waals surface area contributed by atoms with E-state index in [1.807, 2.05) is 36.4 Å². The van der Waals surface area contributed by atoms with Crippen LogP contribution in [0.4, 0.5) is 5.69 Å². The van der Waals surface area contributed by atoms with E-state index < -0.39 is 0 Å². The first kappa shape index (κ1) is 16.1. The molecule has 0 aliphatic carbocycles. The van der Waals surface area contributed by atoms with Crippen molar-refractivity contribution in [3.8, 4) is 0 Å². The van der Waals surface area contributed by atoms with E-state index in [0.717, 1.165) is 20.2 Å². The van der Waals surface area contributed by atoms with Crippen molar-refractivity contribution in [3.05, 3.63) is 61.0 Å². The summed E-state index contributed by atoms with van der Waals surface area (Å²) in [6.45, 7) is 0.467. The van der Waals surface area contributed by atoms with Crippen molar-refractivity contribution in [3.63, 3.8) is 0 Å². The van der Waals surface area contributed by atoms with Crippen LogP contribution in [0.3, 0.4) is 0 Å². The first-order chi connectivity index (χ1) is 9.51. The molecule has 2 rings (SSSR count). The number of anilines is 1. The maximum absolute atomic E-state index is 6.01. The standard InChI is InChI=1S/C14H12Br2Cl2N2/c15-10-5-8(1-3-12(10)17)14(7-19)20-9-2-4-13(18)11(16)6-9/h1-6,14,20H,7,19H2. The molecule has 2 nitrogen and oxygen atoms in total. The highest BCUT2D eigenvalue weighted by Gasteiger charge is 2.11. The first-order valence-electron chi connectivity index (χ1n) is 5.88. The van der Waals surface area contributed by atoms with E-state index >= 15 is 0 Å². The highest BCUT2D eigenvalue weighted by molar-refractivity contribution is 9.10. The van der Waals surface area contributed by atoms with Crippen LogP contribution >= 0.6 is 55.1 Å². The molecular weight excluding hydrogens is 427 g/mol. The molecule has 0 aliphatic rings. The SMILES string of the molecule is NCC(Nc1ccc(Cl)c(Br)c1)c1ccc(Cl)c(Br)c1. The fraction of sp³-hybridized carbons (Fsp3) is 0.143. The summed E-state index contributed by atoms with van der Waals surface area (Å²) in [6.07, 6.45) is 0. The van der Waals surface area contributed by atoms with Gasteiger partial charge in [0.2, 0.25) is 0 Å². The lowest BCUT2D eigenvalue weighted by atomic mass is 10.1. The van der Waals surface area contributed by atoms with Crippen molar-refractivity contribution in [2.45, 2.75) is 6.04 Å². The Morgan fingerprint density at radius 3 is 2.15 bits per heavy atom. The summed E-state index contributed by atoms with van der Waals surface area (Å²) < 4.78 is 1.70. The fourth-order valence-electron chi connectivity index (χ4n) is 1.79. The second-order valence-corrected chi connectivity index (χ2v) is 6.76. The summed E-state index contributed by atoms with van der Waals surface area (Å²) in [5.41, 5.74) is 7.87. The van der Waals surface area contributed by atoms with Gasteiger partial charge in [0.1, 0.15) is 0 Å². The van der Waals surface area contributed by atoms with E-state index in [2.05, 4.69) is 37.2 Å². The highest BCUT2D eigenvalue weighted by atomic mass is 79.9. The van der Waals surface area contributed by atoms with Crippen molar-refractivity contribution < 1.29 is 0 Å². The van der Waals surface area contributed by atoms with E-state index in [-0.39, 0.29) is 6.04 Å². The zero-order valence-corrected chi connectivity index (χ0v) is 15.0. The van der Waals surface area contributed by atoms with Crippen LogP contribution in [0.5, 0.6) is 0 Å². The van der Waals surface area contributed by atoms with E-state index in [9.17, 15) is 0 Å². The predicted molar refractivity (Wildman–Crippen MR) is 93.7 cm³/mol. The molecular formula is C14H12Br2Cl2N2. The predicted octanol–water partition coefficient (Wildman–Crippen LogP) is 5.63. The zero-order valence-electron chi connectivity index (χ0n) is 10.3. The van der Waals surface area contributed by atoms with Gasteiger partial charge in [-0.3, -0.25) is 0 Å². The van der Waals surface area contributed by atoms with E-state index in [1.165, 1.54) is 0 Å². The van der Waals surface area contributed by atoms with Crippen LogP contribution in [0.1, 0.15) is 11.6 Å². The van der Waals surface area contributed by atoms with Crippen molar-refractivity contribution in [1.82, 2.24) is 0 Å². The average Bonchev–Trinajstić information content (AvgIpc) is 2.43. The molecule has 106 valence electrons. The van der Waals surface area contributed by atoms with Crippen molar-refractivity contribution >= 4 is 60.7 Å². The Balaban J connectivity index is 2.23. The lowest BCUT2D eigenvalue weighted by Gasteiger charge is -2.19. The Hall–Kier alpha value is -0.260. The molecule has 0 saturated carbocycles. The number of nitrogens with two attached hydrogens (primary N) is 1. The van der Waals surface area contributed by atoms with E-state index in [4.69, 9.17) is 28.9 Å². The first-order valence-corrected chi connectivity index (χ1v) is 8.22. The Morgan fingerprint density at radius 1 is 1.00 bits per heavy atom. The average molecular weight is 439 g/mol. The molecule has 20 heavy (non-hydrogen) atoms. The van der Waals surface area contributed by atoms with E-state index in [1.54, 1.807) is 0 Å². The van der Waals surface area contributed by atoms with Gasteiger partial charge in [-0.25, -0.2) is 0 Å². The van der Waals surface area contributed by atoms with Gasteiger partial charge in [0, 0.05) is 21.2 Å². The number of hydrogen-bond acceptors (Lipinski definition) is 2. The number of benzene rings is 2. The Morgan fingerprint density at radius 2 is 1.60 bits per heavy atom. The molecule has 1 atom stereocenters. The molecule has 0 aliphatic heterocycles. The van der Waals surface area contributed by atoms with Crippen molar-refractivity contribution in [2.24, 2.45) is 5.73 Å². The second kappa shape index (κ2) is 7.14. The monoisotopic (exact) mass is 436 g/mol. The Kier molecular flexibility index (Phi) is 5.75. The quantitative estimate of drug-likeness (QED) is 0.649. The van der Waals surface area contributed by atoms with Gasteiger partial charge in [-0.15, -0.1) is 0 Å². The van der Waals surface area contributed by atoms with Crippen LogP contribution in [0.25, 0.3) is 0 Å². The summed E-state index contributed by atoms with van der Waals surface area (Å²) in [5, 5.41) is 4.74. The van der Waals surface area contributed by atoms with Crippen molar-refractivity contribution in [2.75, 3.05) is 11.9 Å².